The number of nitrogens with zero attached hydrogens (tertiary/aromatic N) is 1. The maximum absolute atomic E-state index is 12.5. The van der Waals surface area contributed by atoms with Gasteiger partial charge in [0.05, 0.1) is 18.7 Å². The SMILES string of the molecule is NC(=S)C1CN(C(=O)c2cc(Br)ccc2Br)CCO1. The van der Waals surface area contributed by atoms with Gasteiger partial charge in [-0.15, -0.1) is 0 Å². The summed E-state index contributed by atoms with van der Waals surface area (Å²) in [5.74, 6) is -0.0577. The number of nitrogens with two attached hydrogens (primary N) is 1. The monoisotopic (exact) mass is 406 g/mol. The molecule has 1 amide bonds. The summed E-state index contributed by atoms with van der Waals surface area (Å²) in [7, 11) is 0. The molecule has 4 nitrogen and oxygen atoms in total. The maximum Gasteiger partial charge on any atom is 0.255 e. The number of hydrogen-bond donors (Lipinski definition) is 1. The van der Waals surface area contributed by atoms with Crippen molar-refractivity contribution in [1.29, 1.82) is 0 Å². The molecule has 0 aromatic heterocycles. The van der Waals surface area contributed by atoms with Gasteiger partial charge in [-0.2, -0.15) is 0 Å². The van der Waals surface area contributed by atoms with Crippen molar-refractivity contribution in [3.8, 4) is 0 Å². The van der Waals surface area contributed by atoms with Crippen molar-refractivity contribution < 1.29 is 9.53 Å². The van der Waals surface area contributed by atoms with Gasteiger partial charge in [-0.1, -0.05) is 28.1 Å². The van der Waals surface area contributed by atoms with Gasteiger partial charge in [-0.25, -0.2) is 0 Å². The molecule has 102 valence electrons. The highest BCUT2D eigenvalue weighted by Crippen LogP contribution is 2.23. The second-order valence-electron chi connectivity index (χ2n) is 4.14. The third kappa shape index (κ3) is 3.53. The molecule has 1 atom stereocenters. The van der Waals surface area contributed by atoms with Crippen LogP contribution < -0.4 is 5.73 Å². The predicted molar refractivity (Wildman–Crippen MR) is 84.3 cm³/mol. The van der Waals surface area contributed by atoms with Gasteiger partial charge in [-0.05, 0) is 34.1 Å². The van der Waals surface area contributed by atoms with Crippen LogP contribution in [0.4, 0.5) is 0 Å². The van der Waals surface area contributed by atoms with Gasteiger partial charge in [0.25, 0.3) is 5.91 Å². The maximum atomic E-state index is 12.5. The number of carbonyl (C=O) groups is 1. The van der Waals surface area contributed by atoms with E-state index in [1.807, 2.05) is 12.1 Å². The number of halogens is 2. The molecule has 1 unspecified atom stereocenters. The number of morpholine rings is 1. The van der Waals surface area contributed by atoms with E-state index in [0.29, 0.717) is 25.3 Å². The lowest BCUT2D eigenvalue weighted by Gasteiger charge is -2.32. The number of carbonyl (C=O) groups excluding carboxylic acids is 1. The van der Waals surface area contributed by atoms with Crippen LogP contribution in [-0.4, -0.2) is 41.6 Å². The number of thiocarbonyl (C=S) groups is 1. The second kappa shape index (κ2) is 6.30. The van der Waals surface area contributed by atoms with Crippen molar-refractivity contribution in [3.63, 3.8) is 0 Å². The largest absolute Gasteiger partial charge is 0.391 e. The molecule has 0 radical (unpaired) electrons. The molecule has 1 fully saturated rings. The van der Waals surface area contributed by atoms with E-state index in [4.69, 9.17) is 22.7 Å². The molecule has 0 spiro atoms. The molecule has 1 heterocycles. The van der Waals surface area contributed by atoms with Gasteiger partial charge in [-0.3, -0.25) is 4.79 Å². The van der Waals surface area contributed by atoms with Crippen LogP contribution in [0, 0.1) is 0 Å². The van der Waals surface area contributed by atoms with Crippen LogP contribution in [0.1, 0.15) is 10.4 Å². The second-order valence-corrected chi connectivity index (χ2v) is 6.38. The van der Waals surface area contributed by atoms with E-state index in [0.717, 1.165) is 8.95 Å². The van der Waals surface area contributed by atoms with Crippen LogP contribution in [-0.2, 0) is 4.74 Å². The average Bonchev–Trinajstić information content (AvgIpc) is 2.41. The zero-order chi connectivity index (χ0) is 14.0. The lowest BCUT2D eigenvalue weighted by Crippen LogP contribution is -2.50. The molecule has 1 saturated heterocycles. The average molecular weight is 408 g/mol. The summed E-state index contributed by atoms with van der Waals surface area (Å²) in [6, 6.07) is 5.50. The number of amides is 1. The highest BCUT2D eigenvalue weighted by Gasteiger charge is 2.27. The van der Waals surface area contributed by atoms with Crippen LogP contribution >= 0.6 is 44.1 Å². The molecule has 2 rings (SSSR count). The molecule has 1 aliphatic heterocycles. The minimum atomic E-state index is -0.362. The first-order valence-corrected chi connectivity index (χ1v) is 7.63. The zero-order valence-electron chi connectivity index (χ0n) is 9.94. The number of hydrogen-bond acceptors (Lipinski definition) is 3. The Morgan fingerprint density at radius 1 is 1.47 bits per heavy atom. The topological polar surface area (TPSA) is 55.6 Å². The van der Waals surface area contributed by atoms with Crippen LogP contribution in [0.3, 0.4) is 0 Å². The van der Waals surface area contributed by atoms with E-state index >= 15 is 0 Å². The molecule has 0 saturated carbocycles. The van der Waals surface area contributed by atoms with E-state index in [2.05, 4.69) is 31.9 Å². The van der Waals surface area contributed by atoms with Gasteiger partial charge < -0.3 is 15.4 Å². The molecule has 0 bridgehead atoms. The minimum absolute atomic E-state index is 0.0577. The summed E-state index contributed by atoms with van der Waals surface area (Å²) >= 11 is 11.7. The molecular formula is C12H12Br2N2O2S. The van der Waals surface area contributed by atoms with Crippen molar-refractivity contribution in [2.75, 3.05) is 19.7 Å². The van der Waals surface area contributed by atoms with E-state index in [-0.39, 0.29) is 17.0 Å². The number of ether oxygens (including phenoxy) is 1. The number of benzene rings is 1. The van der Waals surface area contributed by atoms with Crippen molar-refractivity contribution in [3.05, 3.63) is 32.7 Å². The van der Waals surface area contributed by atoms with E-state index in [9.17, 15) is 4.79 Å². The van der Waals surface area contributed by atoms with Crippen molar-refractivity contribution in [1.82, 2.24) is 4.90 Å². The molecule has 1 aliphatic rings. The summed E-state index contributed by atoms with van der Waals surface area (Å²) in [5.41, 5.74) is 6.18. The Bertz CT molecular complexity index is 524. The standard InChI is InChI=1S/C12H12Br2N2O2S/c13-7-1-2-9(14)8(5-7)12(17)16-3-4-18-10(6-16)11(15)19/h1-2,5,10H,3-4,6H2,(H2,15,19). The van der Waals surface area contributed by atoms with Gasteiger partial charge >= 0.3 is 0 Å². The Balaban J connectivity index is 2.19. The van der Waals surface area contributed by atoms with E-state index in [1.165, 1.54) is 0 Å². The van der Waals surface area contributed by atoms with Crippen LogP contribution in [0.15, 0.2) is 27.1 Å². The third-order valence-electron chi connectivity index (χ3n) is 2.83. The summed E-state index contributed by atoms with van der Waals surface area (Å²) in [4.78, 5) is 14.5. The fourth-order valence-electron chi connectivity index (χ4n) is 1.84. The van der Waals surface area contributed by atoms with Gasteiger partial charge in [0.15, 0.2) is 0 Å². The summed E-state index contributed by atoms with van der Waals surface area (Å²) in [6.45, 7) is 1.38. The Kier molecular flexibility index (Phi) is 4.94. The van der Waals surface area contributed by atoms with Gasteiger partial charge in [0.1, 0.15) is 11.1 Å². The van der Waals surface area contributed by atoms with Crippen molar-refractivity contribution in [2.45, 2.75) is 6.10 Å². The Labute approximate surface area is 133 Å². The summed E-state index contributed by atoms with van der Waals surface area (Å²) in [6.07, 6.45) is -0.362. The van der Waals surface area contributed by atoms with Crippen LogP contribution in [0.2, 0.25) is 0 Å². The molecule has 1 aromatic rings. The van der Waals surface area contributed by atoms with Crippen molar-refractivity contribution in [2.24, 2.45) is 5.73 Å². The zero-order valence-corrected chi connectivity index (χ0v) is 13.9. The fraction of sp³-hybridized carbons (Fsp3) is 0.333. The first-order valence-electron chi connectivity index (χ1n) is 5.64. The molecular weight excluding hydrogens is 396 g/mol. The predicted octanol–water partition coefficient (Wildman–Crippen LogP) is 2.34. The van der Waals surface area contributed by atoms with E-state index < -0.39 is 0 Å². The normalized spacial score (nSPS) is 19.3. The minimum Gasteiger partial charge on any atom is -0.391 e. The van der Waals surface area contributed by atoms with Crippen LogP contribution in [0.5, 0.6) is 0 Å². The molecule has 1 aromatic carbocycles. The third-order valence-corrected chi connectivity index (χ3v) is 4.28. The number of rotatable bonds is 2. The molecule has 7 heteroatoms. The Morgan fingerprint density at radius 2 is 2.21 bits per heavy atom. The van der Waals surface area contributed by atoms with Gasteiger partial charge in [0.2, 0.25) is 0 Å². The van der Waals surface area contributed by atoms with E-state index in [1.54, 1.807) is 11.0 Å². The quantitative estimate of drug-likeness (QED) is 0.764. The summed E-state index contributed by atoms with van der Waals surface area (Å²) in [5, 5.41) is 0. The summed E-state index contributed by atoms with van der Waals surface area (Å²) < 4.78 is 7.05. The smallest absolute Gasteiger partial charge is 0.255 e. The van der Waals surface area contributed by atoms with Gasteiger partial charge in [0, 0.05) is 15.5 Å². The molecule has 2 N–H and O–H groups in total. The lowest BCUT2D eigenvalue weighted by molar-refractivity contribution is 0.00874. The fourth-order valence-corrected chi connectivity index (χ4v) is 2.76. The highest BCUT2D eigenvalue weighted by atomic mass is 79.9. The highest BCUT2D eigenvalue weighted by molar-refractivity contribution is 9.11. The van der Waals surface area contributed by atoms with Crippen LogP contribution in [0.25, 0.3) is 0 Å². The molecule has 19 heavy (non-hydrogen) atoms. The first-order chi connectivity index (χ1) is 8.99. The first kappa shape index (κ1) is 14.9. The molecule has 0 aliphatic carbocycles. The lowest BCUT2D eigenvalue weighted by atomic mass is 10.1. The Hall–Kier alpha value is -0.500. The van der Waals surface area contributed by atoms with Crippen molar-refractivity contribution >= 4 is 55.0 Å². The Morgan fingerprint density at radius 3 is 2.89 bits per heavy atom.